The van der Waals surface area contributed by atoms with Gasteiger partial charge in [-0.25, -0.2) is 0 Å². The van der Waals surface area contributed by atoms with Gasteiger partial charge < -0.3 is 0 Å². The van der Waals surface area contributed by atoms with E-state index >= 15 is 0 Å². The molecule has 0 spiro atoms. The fourth-order valence-electron chi connectivity index (χ4n) is 3.39. The fourth-order valence-corrected chi connectivity index (χ4v) is 3.39. The third-order valence-corrected chi connectivity index (χ3v) is 5.56. The van der Waals surface area contributed by atoms with E-state index in [-0.39, 0.29) is 0 Å². The molecule has 0 aromatic heterocycles. The van der Waals surface area contributed by atoms with Gasteiger partial charge in [-0.2, -0.15) is 0 Å². The predicted octanol–water partition coefficient (Wildman–Crippen LogP) is 5.91. The predicted molar refractivity (Wildman–Crippen MR) is 78.1 cm³/mol. The lowest BCUT2D eigenvalue weighted by Crippen LogP contribution is -2.35. The van der Waals surface area contributed by atoms with Gasteiger partial charge >= 0.3 is 0 Å². The van der Waals surface area contributed by atoms with Crippen molar-refractivity contribution in [3.8, 4) is 0 Å². The number of rotatable bonds is 7. The van der Waals surface area contributed by atoms with Crippen molar-refractivity contribution < 1.29 is 0 Å². The fraction of sp³-hybridized carbons (Fsp3) is 1.00. The molecule has 4 unspecified atom stereocenters. The van der Waals surface area contributed by atoms with Crippen LogP contribution in [0.25, 0.3) is 0 Å². The summed E-state index contributed by atoms with van der Waals surface area (Å²) in [4.78, 5) is 0. The largest absolute Gasteiger partial charge is 0.0628 e. The molecule has 4 atom stereocenters. The van der Waals surface area contributed by atoms with Crippen molar-refractivity contribution in [3.05, 3.63) is 0 Å². The zero-order chi connectivity index (χ0) is 13.1. The minimum absolute atomic E-state index is 0.695. The molecule has 0 aromatic rings. The van der Waals surface area contributed by atoms with Crippen LogP contribution in [0.15, 0.2) is 0 Å². The molecular formula is C17H34. The molecular weight excluding hydrogens is 204 g/mol. The van der Waals surface area contributed by atoms with Gasteiger partial charge in [0.25, 0.3) is 0 Å². The quantitative estimate of drug-likeness (QED) is 0.517. The molecule has 102 valence electrons. The first-order valence-corrected chi connectivity index (χ1v) is 7.85. The molecule has 0 saturated heterocycles. The maximum absolute atomic E-state index is 2.50. The van der Waals surface area contributed by atoms with Crippen molar-refractivity contribution >= 4 is 0 Å². The Morgan fingerprint density at radius 3 is 2.18 bits per heavy atom. The summed E-state index contributed by atoms with van der Waals surface area (Å²) in [5.74, 6) is 3.65. The Morgan fingerprint density at radius 2 is 1.76 bits per heavy atom. The van der Waals surface area contributed by atoms with Crippen LogP contribution in [0.3, 0.4) is 0 Å². The molecule has 1 rings (SSSR count). The molecule has 0 aliphatic heterocycles. The van der Waals surface area contributed by atoms with Gasteiger partial charge in [-0.05, 0) is 54.8 Å². The van der Waals surface area contributed by atoms with E-state index in [1.165, 1.54) is 38.5 Å². The molecule has 1 aliphatic carbocycles. The second-order valence-corrected chi connectivity index (χ2v) is 7.57. The maximum Gasteiger partial charge on any atom is -0.0300 e. The van der Waals surface area contributed by atoms with Gasteiger partial charge in [0.2, 0.25) is 0 Å². The van der Waals surface area contributed by atoms with E-state index in [1.807, 2.05) is 0 Å². The summed E-state index contributed by atoms with van der Waals surface area (Å²) < 4.78 is 0. The van der Waals surface area contributed by atoms with Crippen molar-refractivity contribution in [2.45, 2.75) is 80.1 Å². The molecule has 0 amide bonds. The molecule has 0 radical (unpaired) electrons. The zero-order valence-corrected chi connectivity index (χ0v) is 13.1. The summed E-state index contributed by atoms with van der Waals surface area (Å²) in [6.45, 7) is 14.5. The van der Waals surface area contributed by atoms with Crippen LogP contribution in [0.4, 0.5) is 0 Å². The van der Waals surface area contributed by atoms with E-state index in [2.05, 4.69) is 41.5 Å². The highest BCUT2D eigenvalue weighted by Crippen LogP contribution is 2.49. The second kappa shape index (κ2) is 6.25. The third kappa shape index (κ3) is 4.30. The lowest BCUT2D eigenvalue weighted by molar-refractivity contribution is 0.0502. The van der Waals surface area contributed by atoms with Crippen LogP contribution in [0, 0.1) is 29.1 Å². The van der Waals surface area contributed by atoms with Crippen molar-refractivity contribution in [1.82, 2.24) is 0 Å². The van der Waals surface area contributed by atoms with Gasteiger partial charge in [0.05, 0.1) is 0 Å². The van der Waals surface area contributed by atoms with Crippen LogP contribution >= 0.6 is 0 Å². The van der Waals surface area contributed by atoms with E-state index < -0.39 is 0 Å². The summed E-state index contributed by atoms with van der Waals surface area (Å²) in [6, 6.07) is 0. The van der Waals surface area contributed by atoms with Crippen molar-refractivity contribution in [2.24, 2.45) is 29.1 Å². The van der Waals surface area contributed by atoms with Crippen LogP contribution in [0.5, 0.6) is 0 Å². The summed E-state index contributed by atoms with van der Waals surface area (Å²) in [7, 11) is 0. The highest BCUT2D eigenvalue weighted by atomic mass is 14.4. The van der Waals surface area contributed by atoms with Crippen molar-refractivity contribution in [1.29, 1.82) is 0 Å². The van der Waals surface area contributed by atoms with Crippen molar-refractivity contribution in [2.75, 3.05) is 0 Å². The molecule has 1 saturated carbocycles. The molecule has 1 aliphatic rings. The van der Waals surface area contributed by atoms with Crippen LogP contribution in [0.2, 0.25) is 0 Å². The zero-order valence-electron chi connectivity index (χ0n) is 13.1. The van der Waals surface area contributed by atoms with Crippen LogP contribution < -0.4 is 0 Å². The van der Waals surface area contributed by atoms with Gasteiger partial charge in [0, 0.05) is 0 Å². The topological polar surface area (TPSA) is 0 Å². The Bertz CT molecular complexity index is 218. The van der Waals surface area contributed by atoms with Gasteiger partial charge in [0.1, 0.15) is 0 Å². The molecule has 0 N–H and O–H groups in total. The Balaban J connectivity index is 2.17. The van der Waals surface area contributed by atoms with Gasteiger partial charge in [-0.3, -0.25) is 0 Å². The summed E-state index contributed by atoms with van der Waals surface area (Å²) in [6.07, 6.45) is 8.70. The lowest BCUT2D eigenvalue weighted by atomic mass is 9.60. The molecule has 1 fully saturated rings. The van der Waals surface area contributed by atoms with Gasteiger partial charge in [0.15, 0.2) is 0 Å². The van der Waals surface area contributed by atoms with Crippen molar-refractivity contribution in [3.63, 3.8) is 0 Å². The minimum Gasteiger partial charge on any atom is -0.0628 e. The smallest absolute Gasteiger partial charge is 0.0300 e. The molecule has 0 heterocycles. The molecule has 0 aromatic carbocycles. The first-order chi connectivity index (χ1) is 7.85. The maximum atomic E-state index is 2.50. The van der Waals surface area contributed by atoms with E-state index in [1.54, 1.807) is 0 Å². The Morgan fingerprint density at radius 1 is 1.12 bits per heavy atom. The van der Waals surface area contributed by atoms with E-state index in [0.29, 0.717) is 5.41 Å². The summed E-state index contributed by atoms with van der Waals surface area (Å²) >= 11 is 0. The van der Waals surface area contributed by atoms with E-state index in [0.717, 1.165) is 23.7 Å². The molecule has 0 bridgehead atoms. The second-order valence-electron chi connectivity index (χ2n) is 7.57. The Labute approximate surface area is 110 Å². The third-order valence-electron chi connectivity index (χ3n) is 5.56. The van der Waals surface area contributed by atoms with Gasteiger partial charge in [-0.15, -0.1) is 0 Å². The molecule has 0 heteroatoms. The first-order valence-electron chi connectivity index (χ1n) is 7.85. The highest BCUT2D eigenvalue weighted by molar-refractivity contribution is 4.89. The molecule has 0 nitrogen and oxygen atoms in total. The van der Waals surface area contributed by atoms with Crippen LogP contribution in [-0.4, -0.2) is 0 Å². The van der Waals surface area contributed by atoms with Crippen LogP contribution in [0.1, 0.15) is 80.1 Å². The average molecular weight is 238 g/mol. The van der Waals surface area contributed by atoms with Gasteiger partial charge in [-0.1, -0.05) is 54.4 Å². The Hall–Kier alpha value is 0. The monoisotopic (exact) mass is 238 g/mol. The average Bonchev–Trinajstić information content (AvgIpc) is 2.25. The summed E-state index contributed by atoms with van der Waals surface area (Å²) in [5.41, 5.74) is 0.695. The Kier molecular flexibility index (Phi) is 5.54. The number of hydrogen-bond donors (Lipinski definition) is 0. The number of hydrogen-bond acceptors (Lipinski definition) is 0. The summed E-state index contributed by atoms with van der Waals surface area (Å²) in [5, 5.41) is 0. The standard InChI is InChI=1S/C17H34/c1-13(2)12-15(4)14(3)8-7-10-17(6)11-9-16(17)5/h13-16H,7-12H2,1-6H3. The SMILES string of the molecule is CC(C)CC(C)C(C)CCCC1(C)CCC1C. The lowest BCUT2D eigenvalue weighted by Gasteiger charge is -2.46. The molecule has 17 heavy (non-hydrogen) atoms. The normalized spacial score (nSPS) is 32.3. The van der Waals surface area contributed by atoms with Crippen LogP contribution in [-0.2, 0) is 0 Å². The highest BCUT2D eigenvalue weighted by Gasteiger charge is 2.38. The minimum atomic E-state index is 0.695. The van der Waals surface area contributed by atoms with E-state index in [4.69, 9.17) is 0 Å². The van der Waals surface area contributed by atoms with E-state index in [9.17, 15) is 0 Å². The first kappa shape index (κ1) is 15.1.